The summed E-state index contributed by atoms with van der Waals surface area (Å²) >= 11 is 0. The third-order valence-corrected chi connectivity index (χ3v) is 5.81. The van der Waals surface area contributed by atoms with E-state index in [1.54, 1.807) is 19.0 Å². The predicted molar refractivity (Wildman–Crippen MR) is 109 cm³/mol. The maximum atomic E-state index is 11.9. The minimum Gasteiger partial charge on any atom is -0.356 e. The SMILES string of the molecule is CCCNC(=NCC(=O)N(C)C)NCC1(N2CCCCC2)CCCCC1. The van der Waals surface area contributed by atoms with Gasteiger partial charge in [0.2, 0.25) is 5.91 Å². The van der Waals surface area contributed by atoms with Gasteiger partial charge in [0.15, 0.2) is 5.96 Å². The Hall–Kier alpha value is -1.30. The van der Waals surface area contributed by atoms with Crippen LogP contribution in [0.4, 0.5) is 0 Å². The molecule has 0 aromatic heterocycles. The summed E-state index contributed by atoms with van der Waals surface area (Å²) in [7, 11) is 3.55. The third-order valence-electron chi connectivity index (χ3n) is 5.81. The summed E-state index contributed by atoms with van der Waals surface area (Å²) in [5.41, 5.74) is 0.263. The minimum atomic E-state index is 0.0333. The van der Waals surface area contributed by atoms with E-state index in [0.717, 1.165) is 25.5 Å². The van der Waals surface area contributed by atoms with Crippen molar-refractivity contribution in [3.05, 3.63) is 0 Å². The van der Waals surface area contributed by atoms with Crippen molar-refractivity contribution in [1.82, 2.24) is 20.4 Å². The van der Waals surface area contributed by atoms with Crippen molar-refractivity contribution in [1.29, 1.82) is 0 Å². The first-order valence-corrected chi connectivity index (χ1v) is 10.5. The van der Waals surface area contributed by atoms with Gasteiger partial charge in [0, 0.05) is 32.7 Å². The summed E-state index contributed by atoms with van der Waals surface area (Å²) < 4.78 is 0. The Morgan fingerprint density at radius 1 is 1.04 bits per heavy atom. The molecular formula is C20H39N5O. The number of hydrogen-bond acceptors (Lipinski definition) is 3. The van der Waals surface area contributed by atoms with Crippen molar-refractivity contribution in [3.63, 3.8) is 0 Å². The zero-order valence-electron chi connectivity index (χ0n) is 17.1. The van der Waals surface area contributed by atoms with Gasteiger partial charge in [0.1, 0.15) is 6.54 Å². The summed E-state index contributed by atoms with van der Waals surface area (Å²) in [4.78, 5) is 20.8. The number of nitrogens with zero attached hydrogens (tertiary/aromatic N) is 3. The topological polar surface area (TPSA) is 60.0 Å². The third kappa shape index (κ3) is 6.15. The zero-order valence-corrected chi connectivity index (χ0v) is 17.1. The molecule has 0 unspecified atom stereocenters. The summed E-state index contributed by atoms with van der Waals surface area (Å²) in [6.07, 6.45) is 11.6. The number of carbonyl (C=O) groups is 1. The first-order valence-electron chi connectivity index (χ1n) is 10.5. The molecular weight excluding hydrogens is 326 g/mol. The van der Waals surface area contributed by atoms with Gasteiger partial charge in [-0.2, -0.15) is 0 Å². The second-order valence-corrected chi connectivity index (χ2v) is 8.07. The van der Waals surface area contributed by atoms with Gasteiger partial charge in [0.25, 0.3) is 0 Å². The molecule has 1 heterocycles. The highest BCUT2D eigenvalue weighted by Gasteiger charge is 2.38. The fourth-order valence-corrected chi connectivity index (χ4v) is 4.14. The number of likely N-dealkylation sites (N-methyl/N-ethyl adjacent to an activating group) is 1. The van der Waals surface area contributed by atoms with Gasteiger partial charge < -0.3 is 15.5 Å². The van der Waals surface area contributed by atoms with Crippen LogP contribution in [-0.2, 0) is 4.79 Å². The van der Waals surface area contributed by atoms with Crippen molar-refractivity contribution >= 4 is 11.9 Å². The van der Waals surface area contributed by atoms with E-state index in [4.69, 9.17) is 0 Å². The van der Waals surface area contributed by atoms with Gasteiger partial charge in [-0.25, -0.2) is 4.99 Å². The highest BCUT2D eigenvalue weighted by atomic mass is 16.2. The van der Waals surface area contributed by atoms with Crippen LogP contribution in [0.3, 0.4) is 0 Å². The van der Waals surface area contributed by atoms with Crippen LogP contribution in [0.1, 0.15) is 64.7 Å². The molecule has 6 nitrogen and oxygen atoms in total. The maximum absolute atomic E-state index is 11.9. The van der Waals surface area contributed by atoms with E-state index in [9.17, 15) is 4.79 Å². The highest BCUT2D eigenvalue weighted by Crippen LogP contribution is 2.35. The minimum absolute atomic E-state index is 0.0333. The van der Waals surface area contributed by atoms with Crippen LogP contribution in [0.25, 0.3) is 0 Å². The zero-order chi connectivity index (χ0) is 18.8. The fraction of sp³-hybridized carbons (Fsp3) is 0.900. The maximum Gasteiger partial charge on any atom is 0.243 e. The number of likely N-dealkylation sites (tertiary alicyclic amines) is 1. The lowest BCUT2D eigenvalue weighted by molar-refractivity contribution is -0.127. The molecule has 0 aromatic carbocycles. The normalized spacial score (nSPS) is 21.3. The molecule has 2 N–H and O–H groups in total. The highest BCUT2D eigenvalue weighted by molar-refractivity contribution is 5.84. The number of rotatable bonds is 7. The van der Waals surface area contributed by atoms with Gasteiger partial charge in [-0.3, -0.25) is 9.69 Å². The molecule has 1 saturated carbocycles. The van der Waals surface area contributed by atoms with Crippen LogP contribution >= 0.6 is 0 Å². The van der Waals surface area contributed by atoms with Crippen molar-refractivity contribution < 1.29 is 4.79 Å². The molecule has 0 aromatic rings. The number of amides is 1. The van der Waals surface area contributed by atoms with Crippen LogP contribution in [0.15, 0.2) is 4.99 Å². The van der Waals surface area contributed by atoms with Crippen molar-refractivity contribution in [2.45, 2.75) is 70.3 Å². The lowest BCUT2D eigenvalue weighted by Crippen LogP contribution is -2.59. The van der Waals surface area contributed by atoms with Gasteiger partial charge >= 0.3 is 0 Å². The Balaban J connectivity index is 2.01. The molecule has 1 amide bonds. The van der Waals surface area contributed by atoms with E-state index in [-0.39, 0.29) is 18.0 Å². The Morgan fingerprint density at radius 3 is 2.31 bits per heavy atom. The smallest absolute Gasteiger partial charge is 0.243 e. The molecule has 0 radical (unpaired) electrons. The number of nitrogens with one attached hydrogen (secondary N) is 2. The number of aliphatic imine (C=N–C) groups is 1. The van der Waals surface area contributed by atoms with E-state index in [1.165, 1.54) is 64.5 Å². The van der Waals surface area contributed by atoms with Gasteiger partial charge in [-0.15, -0.1) is 0 Å². The first kappa shape index (κ1) is 21.0. The van der Waals surface area contributed by atoms with Crippen LogP contribution in [0, 0.1) is 0 Å². The molecule has 150 valence electrons. The number of guanidine groups is 1. The average Bonchev–Trinajstić information content (AvgIpc) is 2.68. The number of hydrogen-bond donors (Lipinski definition) is 2. The van der Waals surface area contributed by atoms with Crippen molar-refractivity contribution in [2.75, 3.05) is 46.8 Å². The van der Waals surface area contributed by atoms with E-state index in [0.29, 0.717) is 0 Å². The van der Waals surface area contributed by atoms with Crippen molar-refractivity contribution in [2.24, 2.45) is 4.99 Å². The monoisotopic (exact) mass is 365 g/mol. The number of carbonyl (C=O) groups excluding carboxylic acids is 1. The molecule has 0 bridgehead atoms. The first-order chi connectivity index (χ1) is 12.6. The summed E-state index contributed by atoms with van der Waals surface area (Å²) in [5, 5.41) is 6.96. The van der Waals surface area contributed by atoms with Crippen LogP contribution in [-0.4, -0.2) is 74.0 Å². The Bertz CT molecular complexity index is 451. The fourth-order valence-electron chi connectivity index (χ4n) is 4.14. The molecule has 0 atom stereocenters. The van der Waals surface area contributed by atoms with Gasteiger partial charge in [-0.05, 0) is 45.2 Å². The molecule has 1 aliphatic carbocycles. The van der Waals surface area contributed by atoms with Gasteiger partial charge in [-0.1, -0.05) is 32.6 Å². The van der Waals surface area contributed by atoms with Crippen LogP contribution < -0.4 is 10.6 Å². The summed E-state index contributed by atoms with van der Waals surface area (Å²) in [6, 6.07) is 0. The second kappa shape index (κ2) is 10.8. The molecule has 1 aliphatic heterocycles. The van der Waals surface area contributed by atoms with E-state index >= 15 is 0 Å². The lowest BCUT2D eigenvalue weighted by Gasteiger charge is -2.48. The largest absolute Gasteiger partial charge is 0.356 e. The standard InChI is InChI=1S/C20H39N5O/c1-4-13-21-19(22-16-18(26)24(2)3)23-17-20(11-7-5-8-12-20)25-14-9-6-10-15-25/h4-17H2,1-3H3,(H2,21,22,23). The average molecular weight is 366 g/mol. The lowest BCUT2D eigenvalue weighted by atomic mass is 9.79. The molecule has 1 saturated heterocycles. The molecule has 2 rings (SSSR count). The molecule has 2 aliphatic rings. The predicted octanol–water partition coefficient (Wildman–Crippen LogP) is 2.21. The Labute approximate surface area is 159 Å². The summed E-state index contributed by atoms with van der Waals surface area (Å²) in [5.74, 6) is 0.815. The Kier molecular flexibility index (Phi) is 8.69. The molecule has 2 fully saturated rings. The molecule has 0 spiro atoms. The van der Waals surface area contributed by atoms with Crippen molar-refractivity contribution in [3.8, 4) is 0 Å². The molecule has 6 heteroatoms. The van der Waals surface area contributed by atoms with Gasteiger partial charge in [0.05, 0.1) is 0 Å². The molecule has 26 heavy (non-hydrogen) atoms. The summed E-state index contributed by atoms with van der Waals surface area (Å²) in [6.45, 7) is 6.61. The second-order valence-electron chi connectivity index (χ2n) is 8.07. The van der Waals surface area contributed by atoms with E-state index in [2.05, 4.69) is 27.4 Å². The van der Waals surface area contributed by atoms with Crippen LogP contribution in [0.2, 0.25) is 0 Å². The number of piperidine rings is 1. The van der Waals surface area contributed by atoms with E-state index in [1.807, 2.05) is 0 Å². The quantitative estimate of drug-likeness (QED) is 0.536. The van der Waals surface area contributed by atoms with E-state index < -0.39 is 0 Å². The van der Waals surface area contributed by atoms with Crippen LogP contribution in [0.5, 0.6) is 0 Å². The Morgan fingerprint density at radius 2 is 1.69 bits per heavy atom.